The van der Waals surface area contributed by atoms with Crippen LogP contribution in [0.2, 0.25) is 0 Å². The van der Waals surface area contributed by atoms with Crippen LogP contribution in [0, 0.1) is 11.3 Å². The lowest BCUT2D eigenvalue weighted by atomic mass is 9.76. The van der Waals surface area contributed by atoms with Crippen molar-refractivity contribution >= 4 is 0 Å². The average molecular weight is 267 g/mol. The molecule has 2 N–H and O–H groups in total. The van der Waals surface area contributed by atoms with E-state index in [0.29, 0.717) is 11.5 Å². The molecule has 2 rings (SSSR count). The third-order valence-electron chi connectivity index (χ3n) is 5.45. The molecule has 0 aromatic rings. The van der Waals surface area contributed by atoms with E-state index in [1.165, 1.54) is 44.9 Å². The SMILES string of the molecule is CC(C)(C)C1CCCC(NCC2(O)CCCC2)CC1. The maximum atomic E-state index is 10.4. The molecule has 0 bridgehead atoms. The molecular formula is C17H33NO. The first-order valence-corrected chi connectivity index (χ1v) is 8.35. The van der Waals surface area contributed by atoms with Gasteiger partial charge in [0, 0.05) is 12.6 Å². The number of nitrogens with one attached hydrogen (secondary N) is 1. The second-order valence-corrected chi connectivity index (χ2v) is 8.08. The van der Waals surface area contributed by atoms with E-state index in [1.807, 2.05) is 0 Å². The van der Waals surface area contributed by atoms with Crippen molar-refractivity contribution in [2.24, 2.45) is 11.3 Å². The number of hydrogen-bond donors (Lipinski definition) is 2. The lowest BCUT2D eigenvalue weighted by Crippen LogP contribution is -2.42. The molecule has 0 saturated heterocycles. The van der Waals surface area contributed by atoms with Crippen molar-refractivity contribution < 1.29 is 5.11 Å². The van der Waals surface area contributed by atoms with Crippen molar-refractivity contribution in [1.29, 1.82) is 0 Å². The standard InChI is InChI=1S/C17H33NO/c1-16(2,3)14-7-6-8-15(10-9-14)18-13-17(19)11-4-5-12-17/h14-15,18-19H,4-13H2,1-3H3. The first-order valence-electron chi connectivity index (χ1n) is 8.35. The van der Waals surface area contributed by atoms with Crippen LogP contribution >= 0.6 is 0 Å². The number of rotatable bonds is 3. The van der Waals surface area contributed by atoms with Gasteiger partial charge in [-0.3, -0.25) is 0 Å². The van der Waals surface area contributed by atoms with Gasteiger partial charge in [0.15, 0.2) is 0 Å². The molecule has 0 aromatic carbocycles. The Bertz CT molecular complexity index is 275. The molecule has 2 aliphatic rings. The van der Waals surface area contributed by atoms with E-state index < -0.39 is 5.60 Å². The van der Waals surface area contributed by atoms with Gasteiger partial charge in [0.05, 0.1) is 5.60 Å². The summed E-state index contributed by atoms with van der Waals surface area (Å²) >= 11 is 0. The molecule has 19 heavy (non-hydrogen) atoms. The molecule has 2 heteroatoms. The fraction of sp³-hybridized carbons (Fsp3) is 1.00. The van der Waals surface area contributed by atoms with Gasteiger partial charge in [-0.25, -0.2) is 0 Å². The molecule has 2 atom stereocenters. The van der Waals surface area contributed by atoms with Crippen LogP contribution in [0.3, 0.4) is 0 Å². The summed E-state index contributed by atoms with van der Waals surface area (Å²) in [7, 11) is 0. The first-order chi connectivity index (χ1) is 8.89. The molecule has 0 heterocycles. The average Bonchev–Trinajstić information content (AvgIpc) is 2.62. The molecular weight excluding hydrogens is 234 g/mol. The molecule has 2 saturated carbocycles. The Morgan fingerprint density at radius 3 is 2.32 bits per heavy atom. The fourth-order valence-electron chi connectivity index (χ4n) is 3.92. The molecule has 0 amide bonds. The summed E-state index contributed by atoms with van der Waals surface area (Å²) in [5, 5.41) is 14.1. The summed E-state index contributed by atoms with van der Waals surface area (Å²) in [5.41, 5.74) is 0.0638. The lowest BCUT2D eigenvalue weighted by Gasteiger charge is -2.30. The topological polar surface area (TPSA) is 32.3 Å². The summed E-state index contributed by atoms with van der Waals surface area (Å²) in [4.78, 5) is 0. The highest BCUT2D eigenvalue weighted by Gasteiger charge is 2.32. The van der Waals surface area contributed by atoms with Gasteiger partial charge in [0.1, 0.15) is 0 Å². The van der Waals surface area contributed by atoms with Crippen molar-refractivity contribution in [2.45, 2.75) is 90.2 Å². The summed E-state index contributed by atoms with van der Waals surface area (Å²) in [6.45, 7) is 7.96. The van der Waals surface area contributed by atoms with Crippen LogP contribution in [-0.4, -0.2) is 23.3 Å². The van der Waals surface area contributed by atoms with Crippen LogP contribution in [0.1, 0.15) is 78.6 Å². The second kappa shape index (κ2) is 6.13. The molecule has 0 radical (unpaired) electrons. The molecule has 2 nitrogen and oxygen atoms in total. The number of aliphatic hydroxyl groups is 1. The van der Waals surface area contributed by atoms with Crippen molar-refractivity contribution in [1.82, 2.24) is 5.32 Å². The van der Waals surface area contributed by atoms with E-state index in [0.717, 1.165) is 25.3 Å². The zero-order valence-corrected chi connectivity index (χ0v) is 13.2. The zero-order chi connectivity index (χ0) is 13.9. The maximum absolute atomic E-state index is 10.4. The van der Waals surface area contributed by atoms with Gasteiger partial charge in [-0.05, 0) is 49.9 Å². The molecule has 0 aliphatic heterocycles. The van der Waals surface area contributed by atoms with Crippen LogP contribution in [-0.2, 0) is 0 Å². The Labute approximate surface area is 119 Å². The highest BCUT2D eigenvalue weighted by Crippen LogP contribution is 2.37. The van der Waals surface area contributed by atoms with E-state index in [4.69, 9.17) is 0 Å². The Morgan fingerprint density at radius 1 is 1.00 bits per heavy atom. The Hall–Kier alpha value is -0.0800. The van der Waals surface area contributed by atoms with Crippen LogP contribution in [0.15, 0.2) is 0 Å². The fourth-order valence-corrected chi connectivity index (χ4v) is 3.92. The smallest absolute Gasteiger partial charge is 0.0771 e. The van der Waals surface area contributed by atoms with Crippen molar-refractivity contribution in [3.63, 3.8) is 0 Å². The molecule has 0 spiro atoms. The Morgan fingerprint density at radius 2 is 1.68 bits per heavy atom. The van der Waals surface area contributed by atoms with E-state index in [1.54, 1.807) is 0 Å². The van der Waals surface area contributed by atoms with Crippen LogP contribution in [0.5, 0.6) is 0 Å². The minimum absolute atomic E-state index is 0.393. The zero-order valence-electron chi connectivity index (χ0n) is 13.2. The first kappa shape index (κ1) is 15.3. The van der Waals surface area contributed by atoms with E-state index in [2.05, 4.69) is 26.1 Å². The third-order valence-corrected chi connectivity index (χ3v) is 5.45. The van der Waals surface area contributed by atoms with Crippen LogP contribution < -0.4 is 5.32 Å². The third kappa shape index (κ3) is 4.46. The lowest BCUT2D eigenvalue weighted by molar-refractivity contribution is 0.0442. The molecule has 2 fully saturated rings. The van der Waals surface area contributed by atoms with Gasteiger partial charge in [0.2, 0.25) is 0 Å². The highest BCUT2D eigenvalue weighted by atomic mass is 16.3. The predicted molar refractivity (Wildman–Crippen MR) is 81.2 cm³/mol. The van der Waals surface area contributed by atoms with Gasteiger partial charge >= 0.3 is 0 Å². The number of hydrogen-bond acceptors (Lipinski definition) is 2. The molecule has 2 aliphatic carbocycles. The van der Waals surface area contributed by atoms with E-state index >= 15 is 0 Å². The quantitative estimate of drug-likeness (QED) is 0.761. The van der Waals surface area contributed by atoms with Gasteiger partial charge in [0.25, 0.3) is 0 Å². The highest BCUT2D eigenvalue weighted by molar-refractivity contribution is 4.88. The molecule has 2 unspecified atom stereocenters. The normalized spacial score (nSPS) is 32.2. The summed E-state index contributed by atoms with van der Waals surface area (Å²) in [6, 6.07) is 0.636. The Balaban J connectivity index is 1.76. The van der Waals surface area contributed by atoms with Gasteiger partial charge in [-0.15, -0.1) is 0 Å². The van der Waals surface area contributed by atoms with Crippen molar-refractivity contribution in [3.05, 3.63) is 0 Å². The van der Waals surface area contributed by atoms with Crippen molar-refractivity contribution in [3.8, 4) is 0 Å². The monoisotopic (exact) mass is 267 g/mol. The second-order valence-electron chi connectivity index (χ2n) is 8.08. The summed E-state index contributed by atoms with van der Waals surface area (Å²) in [5.74, 6) is 0.869. The summed E-state index contributed by atoms with van der Waals surface area (Å²) in [6.07, 6.45) is 11.1. The minimum Gasteiger partial charge on any atom is -0.389 e. The predicted octanol–water partition coefficient (Wildman–Crippen LogP) is 3.88. The van der Waals surface area contributed by atoms with Gasteiger partial charge in [-0.2, -0.15) is 0 Å². The largest absolute Gasteiger partial charge is 0.389 e. The van der Waals surface area contributed by atoms with Crippen molar-refractivity contribution in [2.75, 3.05) is 6.54 Å². The minimum atomic E-state index is -0.393. The van der Waals surface area contributed by atoms with Gasteiger partial charge in [-0.1, -0.05) is 40.0 Å². The van der Waals surface area contributed by atoms with Gasteiger partial charge < -0.3 is 10.4 Å². The Kier molecular flexibility index (Phi) is 4.94. The maximum Gasteiger partial charge on any atom is 0.0771 e. The van der Waals surface area contributed by atoms with Crippen LogP contribution in [0.25, 0.3) is 0 Å². The summed E-state index contributed by atoms with van der Waals surface area (Å²) < 4.78 is 0. The molecule has 0 aromatic heterocycles. The van der Waals surface area contributed by atoms with E-state index in [-0.39, 0.29) is 0 Å². The molecule has 112 valence electrons. The van der Waals surface area contributed by atoms with Crippen LogP contribution in [0.4, 0.5) is 0 Å². The van der Waals surface area contributed by atoms with E-state index in [9.17, 15) is 5.11 Å².